The van der Waals surface area contributed by atoms with E-state index in [1.54, 1.807) is 7.11 Å². The third kappa shape index (κ3) is 1.69. The average molecular weight is 238 g/mol. The van der Waals surface area contributed by atoms with Gasteiger partial charge in [0.15, 0.2) is 0 Å². The van der Waals surface area contributed by atoms with Crippen LogP contribution in [0.15, 0.2) is 0 Å². The lowest BCUT2D eigenvalue weighted by atomic mass is 9.87. The van der Waals surface area contributed by atoms with Crippen molar-refractivity contribution >= 4 is 5.91 Å². The first-order chi connectivity index (χ1) is 8.20. The highest BCUT2D eigenvalue weighted by atomic mass is 16.5. The van der Waals surface area contributed by atoms with Gasteiger partial charge in [0.2, 0.25) is 5.91 Å². The molecule has 0 radical (unpaired) electrons. The summed E-state index contributed by atoms with van der Waals surface area (Å²) in [6.07, 6.45) is 6.93. The zero-order chi connectivity index (χ0) is 12.0. The number of methoxy groups -OCH3 is 1. The molecule has 1 aliphatic heterocycles. The van der Waals surface area contributed by atoms with E-state index in [1.165, 1.54) is 0 Å². The molecule has 3 fully saturated rings. The minimum absolute atomic E-state index is 0.155. The van der Waals surface area contributed by atoms with Crippen LogP contribution in [0.2, 0.25) is 0 Å². The molecule has 1 N–H and O–H groups in total. The molecule has 4 nitrogen and oxygen atoms in total. The Bertz CT molecular complexity index is 321. The van der Waals surface area contributed by atoms with Crippen molar-refractivity contribution in [1.29, 1.82) is 0 Å². The van der Waals surface area contributed by atoms with Crippen molar-refractivity contribution in [2.75, 3.05) is 7.11 Å². The summed E-state index contributed by atoms with van der Waals surface area (Å²) < 4.78 is 5.32. The van der Waals surface area contributed by atoms with Crippen molar-refractivity contribution < 1.29 is 9.53 Å². The van der Waals surface area contributed by atoms with Gasteiger partial charge < -0.3 is 9.64 Å². The van der Waals surface area contributed by atoms with Gasteiger partial charge in [0, 0.05) is 13.2 Å². The molecule has 1 heterocycles. The molecule has 3 rings (SSSR count). The fourth-order valence-corrected chi connectivity index (χ4v) is 3.18. The maximum Gasteiger partial charge on any atom is 0.244 e. The summed E-state index contributed by atoms with van der Waals surface area (Å²) >= 11 is 0. The molecule has 2 saturated carbocycles. The third-order valence-electron chi connectivity index (χ3n) is 4.53. The monoisotopic (exact) mass is 238 g/mol. The second kappa shape index (κ2) is 3.95. The number of amides is 1. The summed E-state index contributed by atoms with van der Waals surface area (Å²) in [6.45, 7) is 2.18. The third-order valence-corrected chi connectivity index (χ3v) is 4.53. The van der Waals surface area contributed by atoms with Crippen LogP contribution in [-0.2, 0) is 9.53 Å². The Morgan fingerprint density at radius 1 is 1.47 bits per heavy atom. The van der Waals surface area contributed by atoms with Crippen molar-refractivity contribution in [3.63, 3.8) is 0 Å². The highest BCUT2D eigenvalue weighted by Gasteiger charge is 2.60. The molecule has 0 aromatic carbocycles. The molecule has 0 aromatic heterocycles. The fourth-order valence-electron chi connectivity index (χ4n) is 3.18. The summed E-state index contributed by atoms with van der Waals surface area (Å²) in [5.41, 5.74) is -0.155. The van der Waals surface area contributed by atoms with E-state index >= 15 is 0 Å². The van der Waals surface area contributed by atoms with Crippen molar-refractivity contribution in [3.8, 4) is 0 Å². The van der Waals surface area contributed by atoms with E-state index in [1.807, 2.05) is 0 Å². The van der Waals surface area contributed by atoms with Gasteiger partial charge in [0.25, 0.3) is 0 Å². The molecule has 1 unspecified atom stereocenters. The highest BCUT2D eigenvalue weighted by molar-refractivity contribution is 5.92. The molecule has 1 saturated heterocycles. The fraction of sp³-hybridized carbons (Fsp3) is 0.923. The van der Waals surface area contributed by atoms with Gasteiger partial charge in [-0.3, -0.25) is 10.1 Å². The molecule has 2 aliphatic carbocycles. The summed E-state index contributed by atoms with van der Waals surface area (Å²) in [5.74, 6) is 0.357. The van der Waals surface area contributed by atoms with Gasteiger partial charge in [-0.25, -0.2) is 0 Å². The molecule has 1 spiro atoms. The largest absolute Gasteiger partial charge is 0.381 e. The zero-order valence-electron chi connectivity index (χ0n) is 10.7. The minimum atomic E-state index is -0.155. The van der Waals surface area contributed by atoms with Gasteiger partial charge in [-0.05, 0) is 32.1 Å². The van der Waals surface area contributed by atoms with E-state index in [2.05, 4.69) is 17.1 Å². The number of nitrogens with one attached hydrogen (secondary N) is 1. The Labute approximate surface area is 103 Å². The topological polar surface area (TPSA) is 41.6 Å². The van der Waals surface area contributed by atoms with Crippen LogP contribution >= 0.6 is 0 Å². The molecule has 0 bridgehead atoms. The van der Waals surface area contributed by atoms with Crippen molar-refractivity contribution in [2.24, 2.45) is 0 Å². The Morgan fingerprint density at radius 2 is 2.18 bits per heavy atom. The lowest BCUT2D eigenvalue weighted by molar-refractivity contribution is -0.138. The van der Waals surface area contributed by atoms with Crippen LogP contribution in [0.1, 0.15) is 45.4 Å². The van der Waals surface area contributed by atoms with Crippen LogP contribution in [0.4, 0.5) is 0 Å². The van der Waals surface area contributed by atoms with Crippen LogP contribution in [0.5, 0.6) is 0 Å². The molecule has 96 valence electrons. The SMILES string of the molecule is CCCC1NC2(CC2)C(=O)N1C1CC(OC)C1. The maximum atomic E-state index is 12.4. The standard InChI is InChI=1S/C13H22N2O2/c1-3-4-11-14-13(5-6-13)12(16)15(11)9-7-10(8-9)17-2/h9-11,14H,3-8H2,1-2H3. The van der Waals surface area contributed by atoms with Gasteiger partial charge >= 0.3 is 0 Å². The second-order valence-electron chi connectivity index (χ2n) is 5.73. The van der Waals surface area contributed by atoms with Crippen LogP contribution in [-0.4, -0.2) is 41.8 Å². The van der Waals surface area contributed by atoms with Crippen LogP contribution in [0.3, 0.4) is 0 Å². The van der Waals surface area contributed by atoms with Gasteiger partial charge in [-0.2, -0.15) is 0 Å². The summed E-state index contributed by atoms with van der Waals surface area (Å²) in [5, 5.41) is 3.56. The zero-order valence-corrected chi connectivity index (χ0v) is 10.7. The summed E-state index contributed by atoms with van der Waals surface area (Å²) in [6, 6.07) is 0.413. The normalized spacial score (nSPS) is 38.6. The summed E-state index contributed by atoms with van der Waals surface area (Å²) in [7, 11) is 1.76. The first-order valence-electron chi connectivity index (χ1n) is 6.83. The number of carbonyl (C=O) groups excluding carboxylic acids is 1. The van der Waals surface area contributed by atoms with Gasteiger partial charge in [-0.1, -0.05) is 13.3 Å². The van der Waals surface area contributed by atoms with Gasteiger partial charge in [-0.15, -0.1) is 0 Å². The van der Waals surface area contributed by atoms with E-state index in [-0.39, 0.29) is 11.7 Å². The number of hydrogen-bond donors (Lipinski definition) is 1. The van der Waals surface area contributed by atoms with E-state index in [4.69, 9.17) is 4.74 Å². The van der Waals surface area contributed by atoms with Crippen LogP contribution in [0.25, 0.3) is 0 Å². The quantitative estimate of drug-likeness (QED) is 0.801. The van der Waals surface area contributed by atoms with E-state index < -0.39 is 0 Å². The number of carbonyl (C=O) groups is 1. The molecule has 1 atom stereocenters. The minimum Gasteiger partial charge on any atom is -0.381 e. The lowest BCUT2D eigenvalue weighted by Crippen LogP contribution is -2.52. The molecule has 0 aromatic rings. The van der Waals surface area contributed by atoms with Gasteiger partial charge in [0.1, 0.15) is 0 Å². The van der Waals surface area contributed by atoms with Gasteiger partial charge in [0.05, 0.1) is 17.8 Å². The number of nitrogens with zero attached hydrogens (tertiary/aromatic N) is 1. The number of rotatable bonds is 4. The Hall–Kier alpha value is -0.610. The van der Waals surface area contributed by atoms with Crippen molar-refractivity contribution in [2.45, 2.75) is 69.3 Å². The number of ether oxygens (including phenoxy) is 1. The molecule has 3 aliphatic rings. The summed E-state index contributed by atoms with van der Waals surface area (Å²) in [4.78, 5) is 14.6. The molecule has 4 heteroatoms. The Balaban J connectivity index is 1.70. The Kier molecular flexibility index (Phi) is 2.67. The van der Waals surface area contributed by atoms with E-state index in [0.717, 1.165) is 38.5 Å². The smallest absolute Gasteiger partial charge is 0.244 e. The van der Waals surface area contributed by atoms with E-state index in [0.29, 0.717) is 18.1 Å². The van der Waals surface area contributed by atoms with Crippen LogP contribution < -0.4 is 5.32 Å². The number of hydrogen-bond acceptors (Lipinski definition) is 3. The lowest BCUT2D eigenvalue weighted by Gasteiger charge is -2.42. The predicted molar refractivity (Wildman–Crippen MR) is 64.5 cm³/mol. The van der Waals surface area contributed by atoms with E-state index in [9.17, 15) is 4.79 Å². The highest BCUT2D eigenvalue weighted by Crippen LogP contribution is 2.45. The molecular formula is C13H22N2O2. The van der Waals surface area contributed by atoms with Crippen LogP contribution in [0, 0.1) is 0 Å². The molecule has 1 amide bonds. The van der Waals surface area contributed by atoms with Crippen molar-refractivity contribution in [3.05, 3.63) is 0 Å². The first-order valence-corrected chi connectivity index (χ1v) is 6.83. The Morgan fingerprint density at radius 3 is 2.71 bits per heavy atom. The second-order valence-corrected chi connectivity index (χ2v) is 5.73. The predicted octanol–water partition coefficient (Wildman–Crippen LogP) is 1.25. The van der Waals surface area contributed by atoms with Crippen molar-refractivity contribution in [1.82, 2.24) is 10.2 Å². The maximum absolute atomic E-state index is 12.4. The average Bonchev–Trinajstić information content (AvgIpc) is 2.97. The first kappa shape index (κ1) is 11.5. The molecule has 17 heavy (non-hydrogen) atoms. The molecular weight excluding hydrogens is 216 g/mol.